The lowest BCUT2D eigenvalue weighted by Gasteiger charge is -2.18. The molecule has 2 aromatic rings. The van der Waals surface area contributed by atoms with Gasteiger partial charge in [-0.2, -0.15) is 10.1 Å². The Morgan fingerprint density at radius 2 is 1.95 bits per heavy atom. The number of nitrogens with one attached hydrogen (secondary N) is 1. The summed E-state index contributed by atoms with van der Waals surface area (Å²) >= 11 is 0. The molecule has 0 fully saturated rings. The maximum absolute atomic E-state index is 12.3. The van der Waals surface area contributed by atoms with Crippen LogP contribution in [0.2, 0.25) is 0 Å². The topological polar surface area (TPSA) is 99.2 Å². The first-order valence-electron chi connectivity index (χ1n) is 6.99. The number of carboxylic acids is 1. The number of H-pyrrole nitrogens is 1. The number of aryl methyl sites for hydroxylation is 2. The number of carboxylic acid groups (broad SMARTS) is 1. The highest BCUT2D eigenvalue weighted by Crippen LogP contribution is 2.11. The minimum atomic E-state index is -0.962. The number of aromatic amines is 1. The summed E-state index contributed by atoms with van der Waals surface area (Å²) in [5, 5.41) is 15.1. The van der Waals surface area contributed by atoms with Gasteiger partial charge in [-0.3, -0.25) is 14.5 Å². The van der Waals surface area contributed by atoms with Gasteiger partial charge in [0.25, 0.3) is 0 Å². The summed E-state index contributed by atoms with van der Waals surface area (Å²) in [5.41, 5.74) is 2.23. The summed E-state index contributed by atoms with van der Waals surface area (Å²) < 4.78 is 0. The molecular formula is C15H18N4O3. The number of amides is 1. The predicted octanol–water partition coefficient (Wildman–Crippen LogP) is 1.55. The summed E-state index contributed by atoms with van der Waals surface area (Å²) in [5.74, 6) is -0.871. The first-order chi connectivity index (χ1) is 10.6. The quantitative estimate of drug-likeness (QED) is 0.808. The molecule has 0 aliphatic carbocycles. The van der Waals surface area contributed by atoms with E-state index in [9.17, 15) is 9.59 Å². The average molecular weight is 302 g/mol. The van der Waals surface area contributed by atoms with Gasteiger partial charge in [-0.15, -0.1) is 0 Å². The van der Waals surface area contributed by atoms with E-state index in [0.29, 0.717) is 6.42 Å². The van der Waals surface area contributed by atoms with Crippen molar-refractivity contribution in [1.82, 2.24) is 15.2 Å². The van der Waals surface area contributed by atoms with Crippen LogP contribution < -0.4 is 4.90 Å². The SMILES string of the molecule is Cc1ccc(CCC(=O)N(CCC(=O)O)c2ncn[nH]2)cc1. The van der Waals surface area contributed by atoms with Crippen molar-refractivity contribution in [2.75, 3.05) is 11.4 Å². The first kappa shape index (κ1) is 15.7. The molecule has 1 aromatic heterocycles. The number of hydrogen-bond donors (Lipinski definition) is 2. The Kier molecular flexibility index (Phi) is 5.24. The third-order valence-electron chi connectivity index (χ3n) is 3.26. The van der Waals surface area contributed by atoms with E-state index in [1.807, 2.05) is 31.2 Å². The molecule has 0 bridgehead atoms. The highest BCUT2D eigenvalue weighted by atomic mass is 16.4. The molecule has 0 atom stereocenters. The highest BCUT2D eigenvalue weighted by Gasteiger charge is 2.19. The molecule has 1 heterocycles. The minimum absolute atomic E-state index is 0.0667. The molecule has 7 nitrogen and oxygen atoms in total. The van der Waals surface area contributed by atoms with Crippen molar-refractivity contribution in [2.45, 2.75) is 26.2 Å². The second kappa shape index (κ2) is 7.35. The molecule has 0 spiro atoms. The van der Waals surface area contributed by atoms with Gasteiger partial charge in [0.05, 0.1) is 6.42 Å². The summed E-state index contributed by atoms with van der Waals surface area (Å²) in [4.78, 5) is 28.3. The molecule has 0 saturated heterocycles. The van der Waals surface area contributed by atoms with Crippen molar-refractivity contribution < 1.29 is 14.7 Å². The lowest BCUT2D eigenvalue weighted by Crippen LogP contribution is -2.34. The van der Waals surface area contributed by atoms with Crippen LogP contribution in [0.15, 0.2) is 30.6 Å². The number of carbonyl (C=O) groups excluding carboxylic acids is 1. The molecule has 7 heteroatoms. The zero-order valence-electron chi connectivity index (χ0n) is 12.3. The fourth-order valence-corrected chi connectivity index (χ4v) is 2.03. The van der Waals surface area contributed by atoms with E-state index in [2.05, 4.69) is 15.2 Å². The number of anilines is 1. The van der Waals surface area contributed by atoms with Crippen LogP contribution in [-0.2, 0) is 16.0 Å². The summed E-state index contributed by atoms with van der Waals surface area (Å²) in [7, 11) is 0. The van der Waals surface area contributed by atoms with E-state index < -0.39 is 5.97 Å². The fourth-order valence-electron chi connectivity index (χ4n) is 2.03. The van der Waals surface area contributed by atoms with Crippen molar-refractivity contribution in [2.24, 2.45) is 0 Å². The Hall–Kier alpha value is -2.70. The molecule has 2 N–H and O–H groups in total. The van der Waals surface area contributed by atoms with Gasteiger partial charge in [-0.1, -0.05) is 29.8 Å². The molecule has 22 heavy (non-hydrogen) atoms. The smallest absolute Gasteiger partial charge is 0.305 e. The van der Waals surface area contributed by atoms with Gasteiger partial charge in [-0.05, 0) is 18.9 Å². The number of carbonyl (C=O) groups is 2. The summed E-state index contributed by atoms with van der Waals surface area (Å²) in [6.45, 7) is 2.07. The number of aromatic nitrogens is 3. The zero-order chi connectivity index (χ0) is 15.9. The van der Waals surface area contributed by atoms with Crippen LogP contribution in [-0.4, -0.2) is 38.7 Å². The number of hydrogen-bond acceptors (Lipinski definition) is 4. The van der Waals surface area contributed by atoms with Gasteiger partial charge < -0.3 is 5.11 Å². The molecule has 0 saturated carbocycles. The maximum atomic E-state index is 12.3. The number of aliphatic carboxylic acids is 1. The van der Waals surface area contributed by atoms with E-state index in [0.717, 1.165) is 5.56 Å². The van der Waals surface area contributed by atoms with E-state index in [1.54, 1.807) is 0 Å². The molecule has 0 unspecified atom stereocenters. The standard InChI is InChI=1S/C15H18N4O3/c1-11-2-4-12(5-3-11)6-7-13(20)19(9-8-14(21)22)15-16-10-17-18-15/h2-5,10H,6-9H2,1H3,(H,21,22)(H,16,17,18). The van der Waals surface area contributed by atoms with Crippen LogP contribution in [0.1, 0.15) is 24.0 Å². The Morgan fingerprint density at radius 1 is 1.23 bits per heavy atom. The van der Waals surface area contributed by atoms with E-state index >= 15 is 0 Å². The third-order valence-corrected chi connectivity index (χ3v) is 3.26. The monoisotopic (exact) mass is 302 g/mol. The van der Waals surface area contributed by atoms with Gasteiger partial charge in [0.15, 0.2) is 0 Å². The lowest BCUT2D eigenvalue weighted by atomic mass is 10.1. The second-order valence-corrected chi connectivity index (χ2v) is 4.98. The molecule has 1 amide bonds. The van der Waals surface area contributed by atoms with Crippen LogP contribution >= 0.6 is 0 Å². The molecule has 1 aromatic carbocycles. The first-order valence-corrected chi connectivity index (χ1v) is 6.99. The fraction of sp³-hybridized carbons (Fsp3) is 0.333. The van der Waals surface area contributed by atoms with E-state index in [1.165, 1.54) is 16.8 Å². The van der Waals surface area contributed by atoms with Crippen molar-refractivity contribution in [1.29, 1.82) is 0 Å². The van der Waals surface area contributed by atoms with Crippen LogP contribution in [0.25, 0.3) is 0 Å². The Morgan fingerprint density at radius 3 is 2.55 bits per heavy atom. The van der Waals surface area contributed by atoms with Gasteiger partial charge in [0.2, 0.25) is 11.9 Å². The molecule has 0 aliphatic heterocycles. The van der Waals surface area contributed by atoms with Crippen LogP contribution in [0.5, 0.6) is 0 Å². The number of rotatable bonds is 7. The van der Waals surface area contributed by atoms with Crippen LogP contribution in [0.4, 0.5) is 5.95 Å². The molecule has 0 radical (unpaired) electrons. The average Bonchev–Trinajstić information content (AvgIpc) is 3.00. The molecule has 116 valence electrons. The van der Waals surface area contributed by atoms with Crippen LogP contribution in [0.3, 0.4) is 0 Å². The highest BCUT2D eigenvalue weighted by molar-refractivity contribution is 5.92. The Bertz CT molecular complexity index is 623. The van der Waals surface area contributed by atoms with Gasteiger partial charge >= 0.3 is 5.97 Å². The summed E-state index contributed by atoms with van der Waals surface area (Å²) in [6.07, 6.45) is 2.02. The van der Waals surface area contributed by atoms with Gasteiger partial charge in [0.1, 0.15) is 6.33 Å². The van der Waals surface area contributed by atoms with Crippen molar-refractivity contribution >= 4 is 17.8 Å². The van der Waals surface area contributed by atoms with E-state index in [-0.39, 0.29) is 31.2 Å². The Labute approximate surface area is 128 Å². The van der Waals surface area contributed by atoms with Crippen molar-refractivity contribution in [3.63, 3.8) is 0 Å². The minimum Gasteiger partial charge on any atom is -0.481 e. The molecule has 0 aliphatic rings. The summed E-state index contributed by atoms with van der Waals surface area (Å²) in [6, 6.07) is 7.97. The zero-order valence-corrected chi connectivity index (χ0v) is 12.3. The van der Waals surface area contributed by atoms with E-state index in [4.69, 9.17) is 5.11 Å². The third kappa shape index (κ3) is 4.41. The van der Waals surface area contributed by atoms with Gasteiger partial charge in [-0.25, -0.2) is 5.10 Å². The largest absolute Gasteiger partial charge is 0.481 e. The molecule has 2 rings (SSSR count). The van der Waals surface area contributed by atoms with Crippen molar-refractivity contribution in [3.8, 4) is 0 Å². The van der Waals surface area contributed by atoms with Crippen molar-refractivity contribution in [3.05, 3.63) is 41.7 Å². The number of nitrogens with zero attached hydrogens (tertiary/aromatic N) is 3. The number of benzene rings is 1. The Balaban J connectivity index is 1.99. The van der Waals surface area contributed by atoms with Gasteiger partial charge in [0, 0.05) is 13.0 Å². The molecular weight excluding hydrogens is 284 g/mol. The second-order valence-electron chi connectivity index (χ2n) is 4.98. The normalized spacial score (nSPS) is 10.4. The predicted molar refractivity (Wildman–Crippen MR) is 80.5 cm³/mol. The maximum Gasteiger partial charge on any atom is 0.305 e. The lowest BCUT2D eigenvalue weighted by molar-refractivity contribution is -0.136. The van der Waals surface area contributed by atoms with Crippen LogP contribution in [0, 0.1) is 6.92 Å².